The fraction of sp³-hybridized carbons (Fsp3) is 0.118. The Kier molecular flexibility index (Phi) is 4.48. The molecule has 0 aliphatic carbocycles. The average molecular weight is 267 g/mol. The second-order valence-corrected chi connectivity index (χ2v) is 4.82. The first kappa shape index (κ1) is 13.5. The zero-order valence-corrected chi connectivity index (χ0v) is 11.8. The number of nitrogens with two attached hydrogens (primary N) is 1. The molecule has 0 heterocycles. The normalized spacial score (nSPS) is 10.8. The van der Waals surface area contributed by atoms with Gasteiger partial charge in [0.1, 0.15) is 0 Å². The molecule has 2 rings (SSSR count). The summed E-state index contributed by atoms with van der Waals surface area (Å²) in [5.74, 6) is 0. The summed E-state index contributed by atoms with van der Waals surface area (Å²) in [4.78, 5) is 0.825. The molecule has 2 aromatic carbocycles. The lowest BCUT2D eigenvalue weighted by Gasteiger charge is -2.02. The SMILES string of the molecule is CCc1ccc(C(=S)C=Cc2ccccc2N)cc1. The third-order valence-electron chi connectivity index (χ3n) is 3.06. The summed E-state index contributed by atoms with van der Waals surface area (Å²) in [5.41, 5.74) is 10.0. The van der Waals surface area contributed by atoms with Crippen LogP contribution in [0.5, 0.6) is 0 Å². The van der Waals surface area contributed by atoms with E-state index in [0.717, 1.165) is 28.1 Å². The standard InChI is InChI=1S/C17H17NS/c1-2-13-7-9-15(10-8-13)17(19)12-11-14-5-3-4-6-16(14)18/h3-12H,2,18H2,1H3. The number of aryl methyl sites for hydroxylation is 1. The van der Waals surface area contributed by atoms with Gasteiger partial charge in [-0.15, -0.1) is 0 Å². The molecule has 0 aliphatic rings. The Hall–Kier alpha value is -1.93. The molecule has 0 bridgehead atoms. The van der Waals surface area contributed by atoms with E-state index in [2.05, 4.69) is 31.2 Å². The molecule has 2 N–H and O–H groups in total. The zero-order valence-electron chi connectivity index (χ0n) is 11.0. The Balaban J connectivity index is 2.14. The molecule has 0 radical (unpaired) electrons. The Bertz CT molecular complexity index is 597. The molecule has 1 nitrogen and oxygen atoms in total. The lowest BCUT2D eigenvalue weighted by molar-refractivity contribution is 1.14. The summed E-state index contributed by atoms with van der Waals surface area (Å²) in [7, 11) is 0. The fourth-order valence-electron chi connectivity index (χ4n) is 1.83. The van der Waals surface area contributed by atoms with E-state index < -0.39 is 0 Å². The molecule has 0 spiro atoms. The van der Waals surface area contributed by atoms with Gasteiger partial charge >= 0.3 is 0 Å². The van der Waals surface area contributed by atoms with E-state index in [1.807, 2.05) is 36.4 Å². The topological polar surface area (TPSA) is 26.0 Å². The highest BCUT2D eigenvalue weighted by molar-refractivity contribution is 7.81. The van der Waals surface area contributed by atoms with Gasteiger partial charge in [-0.1, -0.05) is 67.7 Å². The quantitative estimate of drug-likeness (QED) is 0.387. The highest BCUT2D eigenvalue weighted by atomic mass is 32.1. The minimum absolute atomic E-state index is 0.767. The van der Waals surface area contributed by atoms with Gasteiger partial charge in [0.2, 0.25) is 0 Å². The van der Waals surface area contributed by atoms with Crippen molar-refractivity contribution in [1.82, 2.24) is 0 Å². The summed E-state index contributed by atoms with van der Waals surface area (Å²) < 4.78 is 0. The number of hydrogen-bond acceptors (Lipinski definition) is 2. The zero-order chi connectivity index (χ0) is 13.7. The van der Waals surface area contributed by atoms with Crippen LogP contribution in [0.3, 0.4) is 0 Å². The number of allylic oxidation sites excluding steroid dienone is 1. The van der Waals surface area contributed by atoms with Gasteiger partial charge in [0, 0.05) is 10.6 Å². The van der Waals surface area contributed by atoms with Crippen LogP contribution in [0.4, 0.5) is 5.69 Å². The number of hydrogen-bond donors (Lipinski definition) is 1. The van der Waals surface area contributed by atoms with Crippen LogP contribution < -0.4 is 5.73 Å². The van der Waals surface area contributed by atoms with E-state index in [9.17, 15) is 0 Å². The minimum Gasteiger partial charge on any atom is -0.398 e. The van der Waals surface area contributed by atoms with Crippen molar-refractivity contribution in [2.24, 2.45) is 0 Å². The molecule has 2 heteroatoms. The number of rotatable bonds is 4. The van der Waals surface area contributed by atoms with Gasteiger partial charge in [0.05, 0.1) is 0 Å². The number of para-hydroxylation sites is 1. The van der Waals surface area contributed by atoms with Crippen LogP contribution in [-0.4, -0.2) is 4.86 Å². The van der Waals surface area contributed by atoms with Gasteiger partial charge in [-0.2, -0.15) is 0 Å². The maximum Gasteiger partial charge on any atom is 0.0449 e. The smallest absolute Gasteiger partial charge is 0.0449 e. The van der Waals surface area contributed by atoms with Crippen molar-refractivity contribution >= 4 is 28.8 Å². The number of anilines is 1. The molecule has 0 saturated heterocycles. The maximum atomic E-state index is 5.89. The predicted octanol–water partition coefficient (Wildman–Crippen LogP) is 4.26. The van der Waals surface area contributed by atoms with Crippen molar-refractivity contribution < 1.29 is 0 Å². The Morgan fingerprint density at radius 2 is 1.79 bits per heavy atom. The molecule has 0 aliphatic heterocycles. The van der Waals surface area contributed by atoms with Crippen LogP contribution in [0.1, 0.15) is 23.6 Å². The summed E-state index contributed by atoms with van der Waals surface area (Å²) >= 11 is 5.41. The number of thiocarbonyl (C=S) groups is 1. The van der Waals surface area contributed by atoms with Gasteiger partial charge < -0.3 is 5.73 Å². The Morgan fingerprint density at radius 3 is 2.42 bits per heavy atom. The number of benzene rings is 2. The summed E-state index contributed by atoms with van der Waals surface area (Å²) in [6.07, 6.45) is 4.94. The van der Waals surface area contributed by atoms with Crippen LogP contribution in [0.15, 0.2) is 54.6 Å². The third kappa shape index (κ3) is 3.52. The summed E-state index contributed by atoms with van der Waals surface area (Å²) in [5, 5.41) is 0. The molecule has 0 fully saturated rings. The summed E-state index contributed by atoms with van der Waals surface area (Å²) in [6, 6.07) is 16.1. The largest absolute Gasteiger partial charge is 0.398 e. The molecular formula is C17H17NS. The lowest BCUT2D eigenvalue weighted by atomic mass is 10.1. The third-order valence-corrected chi connectivity index (χ3v) is 3.43. The van der Waals surface area contributed by atoms with Crippen molar-refractivity contribution in [3.05, 3.63) is 71.3 Å². The highest BCUT2D eigenvalue weighted by Gasteiger charge is 1.98. The van der Waals surface area contributed by atoms with Crippen molar-refractivity contribution in [2.75, 3.05) is 5.73 Å². The molecule has 96 valence electrons. The van der Waals surface area contributed by atoms with Gasteiger partial charge in [-0.25, -0.2) is 0 Å². The summed E-state index contributed by atoms with van der Waals surface area (Å²) in [6.45, 7) is 2.14. The van der Waals surface area contributed by atoms with Gasteiger partial charge in [0.25, 0.3) is 0 Å². The van der Waals surface area contributed by atoms with Gasteiger partial charge in [-0.05, 0) is 35.3 Å². The molecule has 0 aromatic heterocycles. The molecule has 0 unspecified atom stereocenters. The van der Waals surface area contributed by atoms with E-state index in [1.54, 1.807) is 0 Å². The van der Waals surface area contributed by atoms with E-state index in [1.165, 1.54) is 5.56 Å². The molecule has 0 amide bonds. The minimum atomic E-state index is 0.767. The maximum absolute atomic E-state index is 5.89. The van der Waals surface area contributed by atoms with Crippen molar-refractivity contribution in [1.29, 1.82) is 0 Å². The first-order chi connectivity index (χ1) is 9.20. The van der Waals surface area contributed by atoms with Crippen molar-refractivity contribution in [3.63, 3.8) is 0 Å². The van der Waals surface area contributed by atoms with Gasteiger partial charge in [0.15, 0.2) is 0 Å². The van der Waals surface area contributed by atoms with Crippen LogP contribution in [0.25, 0.3) is 6.08 Å². The molecule has 2 aromatic rings. The average Bonchev–Trinajstić information content (AvgIpc) is 2.46. The Labute approximate surface area is 119 Å². The van der Waals surface area contributed by atoms with Crippen molar-refractivity contribution in [3.8, 4) is 0 Å². The van der Waals surface area contributed by atoms with Crippen LogP contribution in [-0.2, 0) is 6.42 Å². The first-order valence-corrected chi connectivity index (χ1v) is 6.77. The lowest BCUT2D eigenvalue weighted by Crippen LogP contribution is -1.93. The monoisotopic (exact) mass is 267 g/mol. The Morgan fingerprint density at radius 1 is 1.11 bits per heavy atom. The molecular weight excluding hydrogens is 250 g/mol. The molecule has 19 heavy (non-hydrogen) atoms. The molecule has 0 saturated carbocycles. The number of nitrogen functional groups attached to an aromatic ring is 1. The second kappa shape index (κ2) is 6.30. The first-order valence-electron chi connectivity index (χ1n) is 6.36. The van der Waals surface area contributed by atoms with Gasteiger partial charge in [-0.3, -0.25) is 0 Å². The van der Waals surface area contributed by atoms with E-state index in [4.69, 9.17) is 18.0 Å². The van der Waals surface area contributed by atoms with E-state index in [0.29, 0.717) is 0 Å². The van der Waals surface area contributed by atoms with Crippen LogP contribution >= 0.6 is 12.2 Å². The van der Waals surface area contributed by atoms with Crippen LogP contribution in [0.2, 0.25) is 0 Å². The second-order valence-electron chi connectivity index (χ2n) is 4.38. The van der Waals surface area contributed by atoms with E-state index >= 15 is 0 Å². The van der Waals surface area contributed by atoms with Crippen LogP contribution in [0, 0.1) is 0 Å². The fourth-order valence-corrected chi connectivity index (χ4v) is 2.03. The predicted molar refractivity (Wildman–Crippen MR) is 87.4 cm³/mol. The van der Waals surface area contributed by atoms with Crippen molar-refractivity contribution in [2.45, 2.75) is 13.3 Å². The van der Waals surface area contributed by atoms with E-state index in [-0.39, 0.29) is 0 Å². The highest BCUT2D eigenvalue weighted by Crippen LogP contribution is 2.14. The molecule has 0 atom stereocenters.